The van der Waals surface area contributed by atoms with Crippen molar-refractivity contribution in [2.45, 2.75) is 59.5 Å². The van der Waals surface area contributed by atoms with Crippen LogP contribution in [0, 0.1) is 5.41 Å². The molecule has 3 aromatic rings. The molecule has 0 fully saturated rings. The number of nitrogens with zero attached hydrogens (tertiary/aromatic N) is 2. The Kier molecular flexibility index (Phi) is 10.6. The quantitative estimate of drug-likeness (QED) is 0.336. The Hall–Kier alpha value is -4.14. The van der Waals surface area contributed by atoms with E-state index in [-0.39, 0.29) is 19.2 Å². The molecule has 0 saturated carbocycles. The predicted molar refractivity (Wildman–Crippen MR) is 147 cm³/mol. The molecule has 2 atom stereocenters. The first kappa shape index (κ1) is 30.1. The zero-order chi connectivity index (χ0) is 27.0. The van der Waals surface area contributed by atoms with Crippen molar-refractivity contribution < 1.29 is 24.2 Å². The third-order valence-corrected chi connectivity index (χ3v) is 5.92. The SMILES string of the molecule is C.COc1ccc(C(C(=O)O)n2cnc(NC(=O)[C@@H](CCCc3ccccc3)NC(=O)C(C)(C)C)c2)cc1. The molecule has 38 heavy (non-hydrogen) atoms. The highest BCUT2D eigenvalue weighted by molar-refractivity contribution is 5.97. The molecule has 2 amide bonds. The highest BCUT2D eigenvalue weighted by Crippen LogP contribution is 2.23. The van der Waals surface area contributed by atoms with Crippen molar-refractivity contribution in [2.24, 2.45) is 5.41 Å². The van der Waals surface area contributed by atoms with Crippen LogP contribution in [0.5, 0.6) is 5.75 Å². The number of benzene rings is 2. The molecular formula is C29H38N4O5. The van der Waals surface area contributed by atoms with E-state index in [1.165, 1.54) is 24.2 Å². The second-order valence-electron chi connectivity index (χ2n) is 9.86. The van der Waals surface area contributed by atoms with Crippen molar-refractivity contribution >= 4 is 23.6 Å². The molecule has 1 aromatic heterocycles. The van der Waals surface area contributed by atoms with Crippen LogP contribution in [-0.2, 0) is 20.8 Å². The Bertz CT molecular complexity index is 1200. The van der Waals surface area contributed by atoms with Crippen LogP contribution >= 0.6 is 0 Å². The van der Waals surface area contributed by atoms with Gasteiger partial charge in [0.05, 0.1) is 13.4 Å². The minimum Gasteiger partial charge on any atom is -0.497 e. The van der Waals surface area contributed by atoms with E-state index in [1.54, 1.807) is 45.0 Å². The zero-order valence-corrected chi connectivity index (χ0v) is 21.6. The molecule has 9 heteroatoms. The topological polar surface area (TPSA) is 123 Å². The van der Waals surface area contributed by atoms with Crippen molar-refractivity contribution in [1.29, 1.82) is 0 Å². The van der Waals surface area contributed by atoms with E-state index in [0.29, 0.717) is 24.2 Å². The number of carboxylic acids is 1. The number of methoxy groups -OCH3 is 1. The largest absolute Gasteiger partial charge is 0.497 e. The minimum absolute atomic E-state index is 0. The Morgan fingerprint density at radius 3 is 2.29 bits per heavy atom. The van der Waals surface area contributed by atoms with E-state index >= 15 is 0 Å². The van der Waals surface area contributed by atoms with Crippen LogP contribution < -0.4 is 15.4 Å². The number of rotatable bonds is 11. The van der Waals surface area contributed by atoms with Gasteiger partial charge in [0.2, 0.25) is 11.8 Å². The first-order valence-electron chi connectivity index (χ1n) is 12.1. The van der Waals surface area contributed by atoms with Crippen LogP contribution in [-0.4, -0.2) is 45.6 Å². The zero-order valence-electron chi connectivity index (χ0n) is 21.6. The summed E-state index contributed by atoms with van der Waals surface area (Å²) in [5.41, 5.74) is 1.02. The molecule has 2 aromatic carbocycles. The first-order chi connectivity index (χ1) is 17.6. The number of aromatic nitrogens is 2. The molecule has 0 saturated heterocycles. The monoisotopic (exact) mass is 522 g/mol. The minimum atomic E-state index is -1.07. The number of amides is 2. The summed E-state index contributed by atoms with van der Waals surface area (Å²) in [5, 5.41) is 15.4. The van der Waals surface area contributed by atoms with E-state index < -0.39 is 29.4 Å². The number of anilines is 1. The van der Waals surface area contributed by atoms with Crippen molar-refractivity contribution in [2.75, 3.05) is 12.4 Å². The number of nitrogens with one attached hydrogen (secondary N) is 2. The van der Waals surface area contributed by atoms with Crippen LogP contribution in [0.25, 0.3) is 0 Å². The normalized spacial score (nSPS) is 12.5. The van der Waals surface area contributed by atoms with Gasteiger partial charge in [-0.05, 0) is 42.5 Å². The number of carbonyl (C=O) groups is 3. The molecule has 0 aliphatic rings. The van der Waals surface area contributed by atoms with Gasteiger partial charge in [0, 0.05) is 11.6 Å². The average Bonchev–Trinajstić information content (AvgIpc) is 3.31. The molecule has 9 nitrogen and oxygen atoms in total. The Balaban J connectivity index is 0.00000507. The van der Waals surface area contributed by atoms with Crippen LogP contribution in [0.1, 0.15) is 58.2 Å². The number of carboxylic acid groups (broad SMARTS) is 1. The lowest BCUT2D eigenvalue weighted by Gasteiger charge is -2.23. The van der Waals surface area contributed by atoms with Gasteiger partial charge in [-0.2, -0.15) is 0 Å². The highest BCUT2D eigenvalue weighted by atomic mass is 16.5. The summed E-state index contributed by atoms with van der Waals surface area (Å²) in [6, 6.07) is 14.8. The fraction of sp³-hybridized carbons (Fsp3) is 0.379. The van der Waals surface area contributed by atoms with E-state index in [2.05, 4.69) is 15.6 Å². The lowest BCUT2D eigenvalue weighted by Crippen LogP contribution is -2.47. The fourth-order valence-electron chi connectivity index (χ4n) is 3.78. The van der Waals surface area contributed by atoms with Crippen LogP contribution in [0.2, 0.25) is 0 Å². The van der Waals surface area contributed by atoms with Crippen LogP contribution in [0.15, 0.2) is 67.1 Å². The summed E-state index contributed by atoms with van der Waals surface area (Å²) in [6.45, 7) is 5.36. The first-order valence-corrected chi connectivity index (χ1v) is 12.1. The van der Waals surface area contributed by atoms with Crippen LogP contribution in [0.3, 0.4) is 0 Å². The summed E-state index contributed by atoms with van der Waals surface area (Å²) in [4.78, 5) is 42.0. The molecule has 0 bridgehead atoms. The molecule has 1 heterocycles. The Morgan fingerprint density at radius 2 is 1.71 bits per heavy atom. The van der Waals surface area contributed by atoms with E-state index in [1.807, 2.05) is 30.3 Å². The van der Waals surface area contributed by atoms with Crippen LogP contribution in [0.4, 0.5) is 5.82 Å². The van der Waals surface area contributed by atoms with Gasteiger partial charge in [-0.15, -0.1) is 0 Å². The summed E-state index contributed by atoms with van der Waals surface area (Å²) in [7, 11) is 1.54. The van der Waals surface area contributed by atoms with Crippen molar-refractivity contribution in [3.63, 3.8) is 0 Å². The second-order valence-corrected chi connectivity index (χ2v) is 9.86. The maximum Gasteiger partial charge on any atom is 0.331 e. The van der Waals surface area contributed by atoms with E-state index in [9.17, 15) is 19.5 Å². The van der Waals surface area contributed by atoms with Gasteiger partial charge in [-0.25, -0.2) is 9.78 Å². The lowest BCUT2D eigenvalue weighted by atomic mass is 9.94. The smallest absolute Gasteiger partial charge is 0.331 e. The number of carbonyl (C=O) groups excluding carboxylic acids is 2. The van der Waals surface area contributed by atoms with E-state index in [0.717, 1.165) is 12.0 Å². The summed E-state index contributed by atoms with van der Waals surface area (Å²) >= 11 is 0. The predicted octanol–water partition coefficient (Wildman–Crippen LogP) is 4.69. The Labute approximate surface area is 224 Å². The molecule has 0 aliphatic heterocycles. The number of imidazole rings is 1. The molecule has 1 unspecified atom stereocenters. The summed E-state index contributed by atoms with van der Waals surface area (Å²) in [6.07, 6.45) is 4.73. The van der Waals surface area contributed by atoms with Gasteiger partial charge >= 0.3 is 5.97 Å². The third kappa shape index (κ3) is 8.19. The maximum absolute atomic E-state index is 13.2. The highest BCUT2D eigenvalue weighted by Gasteiger charge is 2.28. The van der Waals surface area contributed by atoms with E-state index in [4.69, 9.17) is 4.74 Å². The summed E-state index contributed by atoms with van der Waals surface area (Å²) in [5.74, 6) is -0.905. The molecule has 204 valence electrons. The van der Waals surface area contributed by atoms with Gasteiger partial charge in [0.1, 0.15) is 11.8 Å². The number of ether oxygens (including phenoxy) is 1. The van der Waals surface area contributed by atoms with Gasteiger partial charge in [-0.1, -0.05) is 70.7 Å². The molecule has 3 rings (SSSR count). The third-order valence-electron chi connectivity index (χ3n) is 5.92. The molecule has 0 radical (unpaired) electrons. The van der Waals surface area contributed by atoms with Crippen molar-refractivity contribution in [3.05, 3.63) is 78.2 Å². The van der Waals surface area contributed by atoms with Crippen molar-refractivity contribution in [3.8, 4) is 5.75 Å². The molecule has 0 spiro atoms. The number of hydrogen-bond donors (Lipinski definition) is 3. The maximum atomic E-state index is 13.2. The Morgan fingerprint density at radius 1 is 1.05 bits per heavy atom. The summed E-state index contributed by atoms with van der Waals surface area (Å²) < 4.78 is 6.56. The fourth-order valence-corrected chi connectivity index (χ4v) is 3.78. The second kappa shape index (κ2) is 13.4. The molecule has 3 N–H and O–H groups in total. The number of hydrogen-bond acceptors (Lipinski definition) is 5. The lowest BCUT2D eigenvalue weighted by molar-refractivity contribution is -0.139. The van der Waals surface area contributed by atoms with Crippen molar-refractivity contribution in [1.82, 2.24) is 14.9 Å². The molecular weight excluding hydrogens is 484 g/mol. The molecule has 0 aliphatic carbocycles. The van der Waals surface area contributed by atoms with Gasteiger partial charge in [-0.3, -0.25) is 9.59 Å². The van der Waals surface area contributed by atoms with Gasteiger partial charge in [0.15, 0.2) is 11.9 Å². The average molecular weight is 523 g/mol. The number of aryl methyl sites for hydroxylation is 1. The number of aliphatic carboxylic acids is 1. The van der Waals surface area contributed by atoms with Gasteiger partial charge < -0.3 is 25.0 Å². The standard InChI is InChI=1S/C28H34N4O5.CH4/c1-28(2,3)27(36)30-22(12-8-11-19-9-6-5-7-10-19)25(33)31-23-17-32(18-29-23)24(26(34)35)20-13-15-21(37-4)16-14-20;/h5-7,9-10,13-18,22,24H,8,11-12H2,1-4H3,(H,30,36)(H,31,33)(H,34,35);1H4/t22-,24?;/m1./s1. The van der Waals surface area contributed by atoms with Gasteiger partial charge in [0.25, 0.3) is 0 Å².